The van der Waals surface area contributed by atoms with Gasteiger partial charge >= 0.3 is 81.5 Å². The first-order chi connectivity index (χ1) is 19.7. The zero-order valence-corrected chi connectivity index (χ0v) is 29.1. The minimum absolute atomic E-state index is 0.149. The van der Waals surface area contributed by atoms with Crippen LogP contribution < -0.4 is 10.2 Å². The molecule has 0 aliphatic rings. The number of esters is 2. The summed E-state index contributed by atoms with van der Waals surface area (Å²) < 4.78 is 12.8. The van der Waals surface area contributed by atoms with Crippen LogP contribution in [-0.4, -0.2) is 58.2 Å². The number of rotatable bonds is 24. The van der Waals surface area contributed by atoms with Gasteiger partial charge < -0.3 is 29.3 Å². The summed E-state index contributed by atoms with van der Waals surface area (Å²) in [4.78, 5) is 41.7. The Kier molecular flexibility index (Phi) is 40.6. The van der Waals surface area contributed by atoms with Gasteiger partial charge in [0, 0.05) is 12.2 Å². The van der Waals surface area contributed by atoms with E-state index in [2.05, 4.69) is 27.7 Å². The van der Waals surface area contributed by atoms with E-state index in [9.17, 15) is 29.4 Å². The van der Waals surface area contributed by atoms with E-state index >= 15 is 0 Å². The first-order valence-electron chi connectivity index (χ1n) is 15.6. The fourth-order valence-electron chi connectivity index (χ4n) is 3.21. The van der Waals surface area contributed by atoms with Crippen LogP contribution in [0.3, 0.4) is 0 Å². The Bertz CT molecular complexity index is 621. The summed E-state index contributed by atoms with van der Waals surface area (Å²) in [7, 11) is 0. The third kappa shape index (κ3) is 48.2. The third-order valence-corrected chi connectivity index (χ3v) is 9.65. The molecule has 0 aromatic carbocycles. The molecule has 0 radical (unpaired) electrons. The molecule has 8 nitrogen and oxygen atoms in total. The Balaban J connectivity index is -0.000000551. The number of hydrogen-bond donors (Lipinski definition) is 0. The molecule has 0 rings (SSSR count). The van der Waals surface area contributed by atoms with Crippen molar-refractivity contribution in [3.8, 4) is 0 Å². The number of carboxylic acids is 2. The molecular formula is C32H56O8Sn. The molecule has 0 unspecified atom stereocenters. The molecule has 0 bridgehead atoms. The van der Waals surface area contributed by atoms with Gasteiger partial charge in [-0.3, -0.25) is 0 Å². The van der Waals surface area contributed by atoms with Crippen LogP contribution in [-0.2, 0) is 28.7 Å². The molecule has 0 aliphatic heterocycles. The van der Waals surface area contributed by atoms with Crippen LogP contribution in [0.4, 0.5) is 0 Å². The average molecular weight is 688 g/mol. The van der Waals surface area contributed by atoms with Crippen molar-refractivity contribution in [2.24, 2.45) is 0 Å². The van der Waals surface area contributed by atoms with Gasteiger partial charge in [0.1, 0.15) is 0 Å². The Morgan fingerprint density at radius 1 is 0.488 bits per heavy atom. The number of aliphatic carboxylic acids is 2. The molecule has 0 heterocycles. The van der Waals surface area contributed by atoms with Crippen molar-refractivity contribution in [3.63, 3.8) is 0 Å². The molecule has 0 aromatic heterocycles. The first kappa shape index (κ1) is 43.6. The summed E-state index contributed by atoms with van der Waals surface area (Å²) in [6, 6.07) is 0. The Hall–Kier alpha value is -1.84. The van der Waals surface area contributed by atoms with Crippen molar-refractivity contribution in [2.45, 2.75) is 139 Å². The van der Waals surface area contributed by atoms with Crippen molar-refractivity contribution in [1.82, 2.24) is 0 Å². The third-order valence-electron chi connectivity index (χ3n) is 5.61. The molecule has 0 atom stereocenters. The molecule has 0 amide bonds. The predicted molar refractivity (Wildman–Crippen MR) is 162 cm³/mol. The molecular weight excluding hydrogens is 631 g/mol. The predicted octanol–water partition coefficient (Wildman–Crippen LogP) is 5.52. The molecule has 0 aliphatic carbocycles. The molecule has 236 valence electrons. The van der Waals surface area contributed by atoms with Gasteiger partial charge in [-0.2, -0.15) is 0 Å². The van der Waals surface area contributed by atoms with Crippen LogP contribution in [0.2, 0.25) is 8.87 Å². The molecule has 9 heteroatoms. The maximum atomic E-state index is 10.9. The van der Waals surface area contributed by atoms with E-state index in [-0.39, 0.29) is 21.1 Å². The quantitative estimate of drug-likeness (QED) is 0.0561. The second-order valence-corrected chi connectivity index (χ2v) is 13.9. The molecule has 0 saturated carbocycles. The van der Waals surface area contributed by atoms with Crippen LogP contribution in [0.15, 0.2) is 24.3 Å². The van der Waals surface area contributed by atoms with E-state index < -0.39 is 23.9 Å². The minimum atomic E-state index is -1.39. The second kappa shape index (κ2) is 38.2. The summed E-state index contributed by atoms with van der Waals surface area (Å²) in [5, 5.41) is 19.9. The number of unbranched alkanes of at least 4 members (excludes halogenated alkanes) is 12. The molecule has 0 spiro atoms. The average Bonchev–Trinajstić information content (AvgIpc) is 2.94. The van der Waals surface area contributed by atoms with Crippen molar-refractivity contribution in [2.75, 3.05) is 13.2 Å². The van der Waals surface area contributed by atoms with Gasteiger partial charge in [0.2, 0.25) is 0 Å². The van der Waals surface area contributed by atoms with Crippen LogP contribution in [0, 0.1) is 0 Å². The van der Waals surface area contributed by atoms with E-state index in [1.165, 1.54) is 64.2 Å². The van der Waals surface area contributed by atoms with Gasteiger partial charge in [0.25, 0.3) is 0 Å². The van der Waals surface area contributed by atoms with Crippen LogP contribution >= 0.6 is 0 Å². The Morgan fingerprint density at radius 2 is 0.805 bits per heavy atom. The van der Waals surface area contributed by atoms with Crippen molar-refractivity contribution < 1.29 is 38.9 Å². The zero-order valence-electron chi connectivity index (χ0n) is 26.2. The summed E-state index contributed by atoms with van der Waals surface area (Å²) in [5.41, 5.74) is 0. The Labute approximate surface area is 259 Å². The fourth-order valence-corrected chi connectivity index (χ4v) is 7.37. The van der Waals surface area contributed by atoms with Gasteiger partial charge in [0.15, 0.2) is 0 Å². The number of carbonyl (C=O) groups excluding carboxylic acids is 4. The summed E-state index contributed by atoms with van der Waals surface area (Å²) in [6.07, 6.45) is 22.3. The van der Waals surface area contributed by atoms with Crippen LogP contribution in [0.25, 0.3) is 0 Å². The maximum absolute atomic E-state index is 10.9. The monoisotopic (exact) mass is 688 g/mol. The van der Waals surface area contributed by atoms with Gasteiger partial charge in [-0.1, -0.05) is 78.1 Å². The van der Waals surface area contributed by atoms with Crippen LogP contribution in [0.1, 0.15) is 130 Å². The zero-order chi connectivity index (χ0) is 31.4. The van der Waals surface area contributed by atoms with E-state index in [4.69, 9.17) is 9.47 Å². The van der Waals surface area contributed by atoms with Crippen molar-refractivity contribution in [1.29, 1.82) is 0 Å². The molecule has 41 heavy (non-hydrogen) atoms. The van der Waals surface area contributed by atoms with E-state index in [0.29, 0.717) is 25.4 Å². The second-order valence-electron chi connectivity index (χ2n) is 9.63. The summed E-state index contributed by atoms with van der Waals surface area (Å²) in [6.45, 7) is 9.60. The summed E-state index contributed by atoms with van der Waals surface area (Å²) in [5.74, 6) is -4.04. The van der Waals surface area contributed by atoms with Crippen molar-refractivity contribution >= 4 is 45.0 Å². The first-order valence-corrected chi connectivity index (χ1v) is 19.6. The SMILES string of the molecule is CCCCCCCCOC(=O)/C=C/C(=O)[O-].CCCCCCCCOC(=O)/C=C/C(=O)[O-].CCC[CH2][Sn+2][CH2]CCC. The molecule has 0 fully saturated rings. The summed E-state index contributed by atoms with van der Waals surface area (Å²) >= 11 is 0.149. The fraction of sp³-hybridized carbons (Fsp3) is 0.750. The van der Waals surface area contributed by atoms with Crippen molar-refractivity contribution in [3.05, 3.63) is 24.3 Å². The van der Waals surface area contributed by atoms with E-state index in [0.717, 1.165) is 50.7 Å². The standard InChI is InChI=1S/2C12H20O4.2C4H9.Sn/c2*1-2-3-4-5-6-7-10-16-12(15)9-8-11(13)14;2*1-3-4-2;/h2*8-9H,2-7,10H2,1H3,(H,13,14);2*1,3-4H2,2H3;/q;;;;+2/p-2/b2*9-8+;;;. The van der Waals surface area contributed by atoms with Gasteiger partial charge in [0.05, 0.1) is 25.2 Å². The van der Waals surface area contributed by atoms with Crippen LogP contribution in [0.5, 0.6) is 0 Å². The normalized spacial score (nSPS) is 10.2. The molecule has 0 aromatic rings. The van der Waals surface area contributed by atoms with Gasteiger partial charge in [-0.15, -0.1) is 0 Å². The Morgan fingerprint density at radius 3 is 1.12 bits per heavy atom. The number of ether oxygens (including phenoxy) is 2. The van der Waals surface area contributed by atoms with Gasteiger partial charge in [-0.25, -0.2) is 9.59 Å². The van der Waals surface area contributed by atoms with E-state index in [1.54, 1.807) is 8.87 Å². The number of hydrogen-bond acceptors (Lipinski definition) is 8. The van der Waals surface area contributed by atoms with Gasteiger partial charge in [-0.05, 0) is 25.0 Å². The molecule has 0 saturated heterocycles. The number of carboxylic acid groups (broad SMARTS) is 2. The topological polar surface area (TPSA) is 133 Å². The number of carbonyl (C=O) groups is 4. The van der Waals surface area contributed by atoms with E-state index in [1.807, 2.05) is 0 Å². The molecule has 0 N–H and O–H groups in total.